The molecule has 1 aliphatic rings. The molecular formula is C17H25F2NO3S. The van der Waals surface area contributed by atoms with Crippen LogP contribution in [0.15, 0.2) is 17.0 Å². The van der Waals surface area contributed by atoms with Crippen LogP contribution in [0.3, 0.4) is 0 Å². The second-order valence-electron chi connectivity index (χ2n) is 6.36. The third-order valence-corrected chi connectivity index (χ3v) is 5.65. The van der Waals surface area contributed by atoms with Gasteiger partial charge in [-0.3, -0.25) is 0 Å². The topological polar surface area (TPSA) is 46.6 Å². The van der Waals surface area contributed by atoms with Crippen LogP contribution in [-0.4, -0.2) is 45.8 Å². The average Bonchev–Trinajstić information content (AvgIpc) is 2.50. The van der Waals surface area contributed by atoms with Crippen molar-refractivity contribution in [1.82, 2.24) is 4.90 Å². The molecule has 1 aliphatic heterocycles. The second-order valence-corrected chi connectivity index (χ2v) is 8.31. The molecule has 0 aromatic heterocycles. The monoisotopic (exact) mass is 361 g/mol. The summed E-state index contributed by atoms with van der Waals surface area (Å²) in [6.45, 7) is 5.89. The number of piperidine rings is 1. The van der Waals surface area contributed by atoms with E-state index in [-0.39, 0.29) is 5.75 Å². The zero-order chi connectivity index (χ0) is 17.7. The van der Waals surface area contributed by atoms with E-state index in [1.807, 2.05) is 0 Å². The van der Waals surface area contributed by atoms with Crippen LogP contribution in [0.1, 0.15) is 32.6 Å². The molecular weight excluding hydrogens is 336 g/mol. The molecule has 0 N–H and O–H groups in total. The van der Waals surface area contributed by atoms with Gasteiger partial charge in [0.15, 0.2) is 9.84 Å². The zero-order valence-corrected chi connectivity index (χ0v) is 15.0. The summed E-state index contributed by atoms with van der Waals surface area (Å²) in [6, 6.07) is 1.86. The molecule has 1 aromatic carbocycles. The number of benzene rings is 1. The van der Waals surface area contributed by atoms with Crippen molar-refractivity contribution in [3.63, 3.8) is 0 Å². The lowest BCUT2D eigenvalue weighted by Crippen LogP contribution is -2.33. The summed E-state index contributed by atoms with van der Waals surface area (Å²) in [5.74, 6) is -1.52. The first-order chi connectivity index (χ1) is 11.3. The van der Waals surface area contributed by atoms with E-state index in [1.165, 1.54) is 12.8 Å². The Morgan fingerprint density at radius 2 is 1.79 bits per heavy atom. The minimum atomic E-state index is -3.94. The average molecular weight is 361 g/mol. The quantitative estimate of drug-likeness (QED) is 0.700. The molecule has 0 bridgehead atoms. The van der Waals surface area contributed by atoms with E-state index in [1.54, 1.807) is 0 Å². The molecule has 0 atom stereocenters. The van der Waals surface area contributed by atoms with Crippen LogP contribution in [0, 0.1) is 17.6 Å². The number of likely N-dealkylation sites (tertiary alicyclic amines) is 1. The fourth-order valence-corrected chi connectivity index (χ4v) is 3.95. The summed E-state index contributed by atoms with van der Waals surface area (Å²) in [7, 11) is -3.94. The van der Waals surface area contributed by atoms with Gasteiger partial charge in [-0.05, 0) is 51.2 Å². The van der Waals surface area contributed by atoms with Crippen LogP contribution >= 0.6 is 0 Å². The molecule has 2 rings (SSSR count). The number of nitrogens with zero attached hydrogens (tertiary/aromatic N) is 1. The predicted octanol–water partition coefficient (Wildman–Crippen LogP) is 3.26. The lowest BCUT2D eigenvalue weighted by Gasteiger charge is -2.30. The Labute approximate surface area is 142 Å². The maximum Gasteiger partial charge on any atom is 0.181 e. The van der Waals surface area contributed by atoms with E-state index >= 15 is 0 Å². The van der Waals surface area contributed by atoms with Crippen LogP contribution in [0.2, 0.25) is 0 Å². The van der Waals surface area contributed by atoms with Gasteiger partial charge in [-0.2, -0.15) is 0 Å². The van der Waals surface area contributed by atoms with Gasteiger partial charge in [-0.15, -0.1) is 0 Å². The first kappa shape index (κ1) is 19.1. The van der Waals surface area contributed by atoms with Crippen LogP contribution in [-0.2, 0) is 9.84 Å². The fraction of sp³-hybridized carbons (Fsp3) is 0.647. The smallest absolute Gasteiger partial charge is 0.181 e. The Kier molecular flexibility index (Phi) is 6.57. The molecule has 0 unspecified atom stereocenters. The van der Waals surface area contributed by atoms with Crippen LogP contribution < -0.4 is 4.74 Å². The van der Waals surface area contributed by atoms with Gasteiger partial charge in [-0.1, -0.05) is 6.92 Å². The van der Waals surface area contributed by atoms with Crippen molar-refractivity contribution in [2.45, 2.75) is 37.5 Å². The Morgan fingerprint density at radius 3 is 2.29 bits per heavy atom. The van der Waals surface area contributed by atoms with Crippen molar-refractivity contribution < 1.29 is 21.9 Å². The van der Waals surface area contributed by atoms with Gasteiger partial charge in [0.25, 0.3) is 0 Å². The third-order valence-electron chi connectivity index (χ3n) is 4.52. The van der Waals surface area contributed by atoms with E-state index < -0.39 is 26.4 Å². The molecule has 0 spiro atoms. The third kappa shape index (κ3) is 5.14. The highest BCUT2D eigenvalue weighted by molar-refractivity contribution is 7.90. The molecule has 136 valence electrons. The van der Waals surface area contributed by atoms with Crippen molar-refractivity contribution in [3.05, 3.63) is 23.8 Å². The minimum Gasteiger partial charge on any atom is -0.493 e. The molecule has 1 aromatic rings. The van der Waals surface area contributed by atoms with Gasteiger partial charge in [0, 0.05) is 18.4 Å². The minimum absolute atomic E-state index is 0.0261. The number of hydrogen-bond acceptors (Lipinski definition) is 4. The fourth-order valence-electron chi connectivity index (χ4n) is 3.13. The predicted molar refractivity (Wildman–Crippen MR) is 89.0 cm³/mol. The molecule has 0 amide bonds. The molecule has 4 nitrogen and oxygen atoms in total. The van der Waals surface area contributed by atoms with Gasteiger partial charge in [-0.25, -0.2) is 17.2 Å². The van der Waals surface area contributed by atoms with Gasteiger partial charge in [0.05, 0.1) is 6.61 Å². The number of ether oxygens (including phenoxy) is 1. The van der Waals surface area contributed by atoms with Crippen molar-refractivity contribution in [1.29, 1.82) is 0 Å². The van der Waals surface area contributed by atoms with E-state index in [4.69, 9.17) is 4.74 Å². The molecule has 1 saturated heterocycles. The summed E-state index contributed by atoms with van der Waals surface area (Å²) < 4.78 is 55.6. The summed E-state index contributed by atoms with van der Waals surface area (Å²) in [5.41, 5.74) is 0. The Bertz CT molecular complexity index is 633. The summed E-state index contributed by atoms with van der Waals surface area (Å²) in [4.78, 5) is 1.53. The van der Waals surface area contributed by atoms with Gasteiger partial charge in [0.2, 0.25) is 0 Å². The maximum atomic E-state index is 13.8. The van der Waals surface area contributed by atoms with E-state index in [0.717, 1.165) is 50.9 Å². The molecule has 1 fully saturated rings. The highest BCUT2D eigenvalue weighted by Crippen LogP contribution is 2.25. The standard InChI is InChI=1S/C17H25F2NO3S/c1-3-20-8-6-13(7-9-20)5-4-10-23-14-11-15(18)17(16(19)12-14)24(2,21)22/h11-13H,3-10H2,1-2H3. The first-order valence-corrected chi connectivity index (χ1v) is 10.2. The van der Waals surface area contributed by atoms with Crippen molar-refractivity contribution in [2.24, 2.45) is 5.92 Å². The lowest BCUT2D eigenvalue weighted by atomic mass is 9.92. The van der Waals surface area contributed by atoms with E-state index in [0.29, 0.717) is 12.5 Å². The van der Waals surface area contributed by atoms with Gasteiger partial charge >= 0.3 is 0 Å². The number of rotatable bonds is 7. The molecule has 1 heterocycles. The maximum absolute atomic E-state index is 13.8. The molecule has 0 radical (unpaired) electrons. The Hall–Kier alpha value is -1.21. The number of halogens is 2. The van der Waals surface area contributed by atoms with Crippen LogP contribution in [0.4, 0.5) is 8.78 Å². The normalized spacial score (nSPS) is 17.2. The van der Waals surface area contributed by atoms with Gasteiger partial charge < -0.3 is 9.64 Å². The first-order valence-electron chi connectivity index (χ1n) is 8.35. The highest BCUT2D eigenvalue weighted by atomic mass is 32.2. The van der Waals surface area contributed by atoms with E-state index in [2.05, 4.69) is 11.8 Å². The lowest BCUT2D eigenvalue weighted by molar-refractivity contribution is 0.179. The Morgan fingerprint density at radius 1 is 1.21 bits per heavy atom. The molecule has 0 aliphatic carbocycles. The summed E-state index contributed by atoms with van der Waals surface area (Å²) in [5, 5.41) is 0. The highest BCUT2D eigenvalue weighted by Gasteiger charge is 2.21. The van der Waals surface area contributed by atoms with Gasteiger partial charge in [0.1, 0.15) is 22.3 Å². The van der Waals surface area contributed by atoms with Crippen LogP contribution in [0.25, 0.3) is 0 Å². The van der Waals surface area contributed by atoms with Crippen molar-refractivity contribution in [2.75, 3.05) is 32.5 Å². The zero-order valence-electron chi connectivity index (χ0n) is 14.2. The SMILES string of the molecule is CCN1CCC(CCCOc2cc(F)c(S(C)(=O)=O)c(F)c2)CC1. The second kappa shape index (κ2) is 8.25. The summed E-state index contributed by atoms with van der Waals surface area (Å²) in [6.07, 6.45) is 4.98. The molecule has 7 heteroatoms. The van der Waals surface area contributed by atoms with Crippen LogP contribution in [0.5, 0.6) is 5.75 Å². The number of sulfone groups is 1. The molecule has 0 saturated carbocycles. The number of hydrogen-bond donors (Lipinski definition) is 0. The summed E-state index contributed by atoms with van der Waals surface area (Å²) >= 11 is 0. The van der Waals surface area contributed by atoms with Crippen molar-refractivity contribution >= 4 is 9.84 Å². The van der Waals surface area contributed by atoms with Crippen molar-refractivity contribution in [3.8, 4) is 5.75 Å². The van der Waals surface area contributed by atoms with E-state index in [9.17, 15) is 17.2 Å². The molecule has 24 heavy (non-hydrogen) atoms. The largest absolute Gasteiger partial charge is 0.493 e. The Balaban J connectivity index is 1.81.